The summed E-state index contributed by atoms with van der Waals surface area (Å²) in [7, 11) is -3.49. The number of amides is 1. The number of rotatable bonds is 11. The standard InChI is InChI=1S/C18H29N3O5S/c1-2-8-20-27(23,24)17-6-4-16(5-7-17)26-15-18(22)19-9-3-10-21-11-13-25-14-12-21/h4-7,20H,2-3,8-15H2,1H3,(H,19,22). The normalized spacial score (nSPS) is 15.4. The van der Waals surface area contributed by atoms with Crippen molar-refractivity contribution in [3.8, 4) is 5.75 Å². The summed E-state index contributed by atoms with van der Waals surface area (Å²) < 4.78 is 37.2. The van der Waals surface area contributed by atoms with Gasteiger partial charge >= 0.3 is 0 Å². The summed E-state index contributed by atoms with van der Waals surface area (Å²) in [5.41, 5.74) is 0. The van der Waals surface area contributed by atoms with E-state index in [1.165, 1.54) is 12.1 Å². The number of benzene rings is 1. The van der Waals surface area contributed by atoms with Crippen LogP contribution < -0.4 is 14.8 Å². The highest BCUT2D eigenvalue weighted by molar-refractivity contribution is 7.89. The molecule has 2 rings (SSSR count). The topological polar surface area (TPSA) is 97.0 Å². The van der Waals surface area contributed by atoms with Gasteiger partial charge in [0.1, 0.15) is 5.75 Å². The van der Waals surface area contributed by atoms with Gasteiger partial charge in [-0.25, -0.2) is 13.1 Å². The lowest BCUT2D eigenvalue weighted by molar-refractivity contribution is -0.123. The number of sulfonamides is 1. The molecule has 0 aliphatic carbocycles. The minimum Gasteiger partial charge on any atom is -0.484 e. The van der Waals surface area contributed by atoms with Crippen molar-refractivity contribution in [1.29, 1.82) is 0 Å². The molecule has 0 unspecified atom stereocenters. The molecule has 0 bridgehead atoms. The lowest BCUT2D eigenvalue weighted by atomic mass is 10.3. The largest absolute Gasteiger partial charge is 0.484 e. The molecule has 1 saturated heterocycles. The Morgan fingerprint density at radius 2 is 1.89 bits per heavy atom. The molecule has 27 heavy (non-hydrogen) atoms. The lowest BCUT2D eigenvalue weighted by Crippen LogP contribution is -2.38. The van der Waals surface area contributed by atoms with Gasteiger partial charge in [-0.1, -0.05) is 6.92 Å². The molecule has 2 N–H and O–H groups in total. The zero-order valence-corrected chi connectivity index (χ0v) is 16.6. The summed E-state index contributed by atoms with van der Waals surface area (Å²) in [6.07, 6.45) is 1.60. The zero-order chi connectivity index (χ0) is 19.5. The van der Waals surface area contributed by atoms with E-state index < -0.39 is 10.0 Å². The van der Waals surface area contributed by atoms with E-state index in [4.69, 9.17) is 9.47 Å². The molecule has 1 heterocycles. The van der Waals surface area contributed by atoms with E-state index in [0.29, 0.717) is 18.8 Å². The van der Waals surface area contributed by atoms with Gasteiger partial charge in [-0.2, -0.15) is 0 Å². The minimum absolute atomic E-state index is 0.0995. The van der Waals surface area contributed by atoms with Gasteiger partial charge < -0.3 is 14.8 Å². The molecule has 9 heteroatoms. The van der Waals surface area contributed by atoms with Crippen LogP contribution in [0.25, 0.3) is 0 Å². The Balaban J connectivity index is 1.65. The lowest BCUT2D eigenvalue weighted by Gasteiger charge is -2.26. The average Bonchev–Trinajstić information content (AvgIpc) is 2.69. The van der Waals surface area contributed by atoms with E-state index >= 15 is 0 Å². The summed E-state index contributed by atoms with van der Waals surface area (Å²) in [4.78, 5) is 14.3. The third-order valence-corrected chi connectivity index (χ3v) is 5.60. The number of hydrogen-bond donors (Lipinski definition) is 2. The van der Waals surface area contributed by atoms with Crippen LogP contribution >= 0.6 is 0 Å². The second-order valence-electron chi connectivity index (χ2n) is 6.32. The van der Waals surface area contributed by atoms with Crippen LogP contribution in [0.15, 0.2) is 29.2 Å². The van der Waals surface area contributed by atoms with Crippen LogP contribution in [0.2, 0.25) is 0 Å². The summed E-state index contributed by atoms with van der Waals surface area (Å²) in [5.74, 6) is 0.256. The highest BCUT2D eigenvalue weighted by atomic mass is 32.2. The number of morpholine rings is 1. The molecule has 1 aliphatic heterocycles. The van der Waals surface area contributed by atoms with Gasteiger partial charge in [0.05, 0.1) is 18.1 Å². The van der Waals surface area contributed by atoms with Crippen LogP contribution in [-0.2, 0) is 19.6 Å². The monoisotopic (exact) mass is 399 g/mol. The van der Waals surface area contributed by atoms with Crippen molar-refractivity contribution in [1.82, 2.24) is 14.9 Å². The Morgan fingerprint density at radius 3 is 2.56 bits per heavy atom. The molecule has 1 aromatic carbocycles. The molecular formula is C18H29N3O5S. The van der Waals surface area contributed by atoms with Crippen molar-refractivity contribution in [2.24, 2.45) is 0 Å². The predicted molar refractivity (Wildman–Crippen MR) is 102 cm³/mol. The highest BCUT2D eigenvalue weighted by Crippen LogP contribution is 2.15. The van der Waals surface area contributed by atoms with Gasteiger partial charge in [0.15, 0.2) is 6.61 Å². The van der Waals surface area contributed by atoms with E-state index in [9.17, 15) is 13.2 Å². The maximum Gasteiger partial charge on any atom is 0.257 e. The fourth-order valence-corrected chi connectivity index (χ4v) is 3.72. The summed E-state index contributed by atoms with van der Waals surface area (Å²) >= 11 is 0. The van der Waals surface area contributed by atoms with Crippen LogP contribution in [-0.4, -0.2) is 71.8 Å². The first-order valence-electron chi connectivity index (χ1n) is 9.30. The number of nitrogens with zero attached hydrogens (tertiary/aromatic N) is 1. The number of nitrogens with one attached hydrogen (secondary N) is 2. The fraction of sp³-hybridized carbons (Fsp3) is 0.611. The number of carbonyl (C=O) groups is 1. The van der Waals surface area contributed by atoms with E-state index in [-0.39, 0.29) is 17.4 Å². The van der Waals surface area contributed by atoms with Gasteiger partial charge in [-0.05, 0) is 43.7 Å². The second-order valence-corrected chi connectivity index (χ2v) is 8.08. The predicted octanol–water partition coefficient (Wildman–Crippen LogP) is 0.592. The van der Waals surface area contributed by atoms with Crippen LogP contribution in [0.3, 0.4) is 0 Å². The third-order valence-electron chi connectivity index (χ3n) is 4.12. The van der Waals surface area contributed by atoms with Crippen molar-refractivity contribution >= 4 is 15.9 Å². The first kappa shape index (κ1) is 21.6. The molecule has 0 radical (unpaired) electrons. The Labute approximate surface area is 161 Å². The van der Waals surface area contributed by atoms with Crippen molar-refractivity contribution in [2.75, 3.05) is 52.5 Å². The highest BCUT2D eigenvalue weighted by Gasteiger charge is 2.13. The Bertz CT molecular complexity index is 673. The fourth-order valence-electron chi connectivity index (χ4n) is 2.59. The second kappa shape index (κ2) is 11.2. The molecule has 1 aliphatic rings. The van der Waals surface area contributed by atoms with Gasteiger partial charge in [0.25, 0.3) is 5.91 Å². The number of carbonyl (C=O) groups excluding carboxylic acids is 1. The minimum atomic E-state index is -3.49. The smallest absolute Gasteiger partial charge is 0.257 e. The van der Waals surface area contributed by atoms with Crippen LogP contribution in [0.5, 0.6) is 5.75 Å². The molecule has 152 valence electrons. The van der Waals surface area contributed by atoms with Crippen molar-refractivity contribution < 1.29 is 22.7 Å². The maximum atomic E-state index is 12.0. The van der Waals surface area contributed by atoms with Gasteiger partial charge in [0, 0.05) is 26.2 Å². The van der Waals surface area contributed by atoms with Crippen LogP contribution in [0, 0.1) is 0 Å². The summed E-state index contributed by atoms with van der Waals surface area (Å²) in [6.45, 7) is 7.15. The van der Waals surface area contributed by atoms with E-state index in [1.807, 2.05) is 6.92 Å². The van der Waals surface area contributed by atoms with Crippen LogP contribution in [0.4, 0.5) is 0 Å². The van der Waals surface area contributed by atoms with E-state index in [0.717, 1.165) is 45.7 Å². The Kier molecular flexibility index (Phi) is 8.99. The third kappa shape index (κ3) is 7.84. The van der Waals surface area contributed by atoms with Crippen molar-refractivity contribution in [2.45, 2.75) is 24.7 Å². The van der Waals surface area contributed by atoms with Crippen molar-refractivity contribution in [3.63, 3.8) is 0 Å². The Hall–Kier alpha value is -1.68. The summed E-state index contributed by atoms with van der Waals surface area (Å²) in [5, 5.41) is 2.82. The summed E-state index contributed by atoms with van der Waals surface area (Å²) in [6, 6.07) is 6.03. The quantitative estimate of drug-likeness (QED) is 0.529. The molecule has 8 nitrogen and oxygen atoms in total. The van der Waals surface area contributed by atoms with Gasteiger partial charge in [0.2, 0.25) is 10.0 Å². The molecule has 0 saturated carbocycles. The number of hydrogen-bond acceptors (Lipinski definition) is 6. The first-order chi connectivity index (χ1) is 13.0. The first-order valence-corrected chi connectivity index (χ1v) is 10.8. The van der Waals surface area contributed by atoms with E-state index in [1.54, 1.807) is 12.1 Å². The number of ether oxygens (including phenoxy) is 2. The maximum absolute atomic E-state index is 12.0. The molecular weight excluding hydrogens is 370 g/mol. The SMILES string of the molecule is CCCNS(=O)(=O)c1ccc(OCC(=O)NCCCN2CCOCC2)cc1. The molecule has 1 aromatic rings. The molecule has 0 atom stereocenters. The van der Waals surface area contributed by atoms with Crippen LogP contribution in [0.1, 0.15) is 19.8 Å². The van der Waals surface area contributed by atoms with E-state index in [2.05, 4.69) is 14.9 Å². The molecule has 0 spiro atoms. The van der Waals surface area contributed by atoms with Gasteiger partial charge in [-0.3, -0.25) is 9.69 Å². The van der Waals surface area contributed by atoms with Crippen molar-refractivity contribution in [3.05, 3.63) is 24.3 Å². The Morgan fingerprint density at radius 1 is 1.19 bits per heavy atom. The molecule has 1 fully saturated rings. The van der Waals surface area contributed by atoms with Gasteiger partial charge in [-0.15, -0.1) is 0 Å². The zero-order valence-electron chi connectivity index (χ0n) is 15.8. The molecule has 0 aromatic heterocycles. The molecule has 1 amide bonds. The average molecular weight is 400 g/mol.